The van der Waals surface area contributed by atoms with Gasteiger partial charge < -0.3 is 19.7 Å². The summed E-state index contributed by atoms with van der Waals surface area (Å²) in [4.78, 5) is 14.3. The van der Waals surface area contributed by atoms with Crippen LogP contribution in [0.1, 0.15) is 12.5 Å². The first-order valence-corrected chi connectivity index (χ1v) is 9.80. The summed E-state index contributed by atoms with van der Waals surface area (Å²) in [5, 5.41) is 5.89. The lowest BCUT2D eigenvalue weighted by Gasteiger charge is -2.28. The van der Waals surface area contributed by atoms with Gasteiger partial charge in [-0.05, 0) is 60.6 Å². The molecule has 1 aliphatic rings. The van der Waals surface area contributed by atoms with Crippen LogP contribution in [0.15, 0.2) is 48.5 Å². The summed E-state index contributed by atoms with van der Waals surface area (Å²) in [5.74, 6) is 0.354. The highest BCUT2D eigenvalue weighted by Gasteiger charge is 2.11. The van der Waals surface area contributed by atoms with E-state index in [0.717, 1.165) is 44.1 Å². The summed E-state index contributed by atoms with van der Waals surface area (Å²) in [7, 11) is 0. The Hall–Kier alpha value is -2.64. The number of rotatable bonds is 6. The Bertz CT molecular complexity index is 788. The Balaban J connectivity index is 1.43. The van der Waals surface area contributed by atoms with Crippen molar-refractivity contribution < 1.29 is 14.3 Å². The largest absolute Gasteiger partial charge is 0.484 e. The Morgan fingerprint density at radius 3 is 2.43 bits per heavy atom. The molecule has 2 N–H and O–H groups in total. The fraction of sp³-hybridized carbons (Fsp3) is 0.333. The molecule has 2 aromatic carbocycles. The summed E-state index contributed by atoms with van der Waals surface area (Å²) in [6.07, 6.45) is 0.966. The first-order valence-electron chi connectivity index (χ1n) is 9.39. The minimum Gasteiger partial charge on any atom is -0.484 e. The Morgan fingerprint density at radius 2 is 1.79 bits per heavy atom. The van der Waals surface area contributed by atoms with E-state index >= 15 is 0 Å². The average molecular weight is 400 g/mol. The third-order valence-corrected chi connectivity index (χ3v) is 4.66. The van der Waals surface area contributed by atoms with E-state index in [-0.39, 0.29) is 17.6 Å². The third-order valence-electron chi connectivity index (χ3n) is 4.46. The van der Waals surface area contributed by atoms with Crippen LogP contribution in [0, 0.1) is 0 Å². The molecule has 6 nitrogen and oxygen atoms in total. The van der Waals surface area contributed by atoms with Crippen molar-refractivity contribution in [3.8, 4) is 5.75 Å². The second-order valence-electron chi connectivity index (χ2n) is 6.43. The fourth-order valence-corrected chi connectivity index (χ4v) is 3.10. The number of amides is 1. The molecule has 28 heavy (non-hydrogen) atoms. The molecule has 1 heterocycles. The van der Waals surface area contributed by atoms with Crippen molar-refractivity contribution in [1.29, 1.82) is 0 Å². The van der Waals surface area contributed by atoms with Gasteiger partial charge in [-0.3, -0.25) is 10.1 Å². The highest BCUT2D eigenvalue weighted by Crippen LogP contribution is 2.19. The number of ether oxygens (including phenoxy) is 2. The lowest BCUT2D eigenvalue weighted by Crippen LogP contribution is -2.37. The van der Waals surface area contributed by atoms with Gasteiger partial charge in [0.25, 0.3) is 5.91 Å². The fourth-order valence-electron chi connectivity index (χ4n) is 2.87. The van der Waals surface area contributed by atoms with Crippen LogP contribution in [0.4, 0.5) is 11.4 Å². The number of carbonyl (C=O) groups is 1. The van der Waals surface area contributed by atoms with Crippen LogP contribution < -0.4 is 20.3 Å². The molecule has 1 aliphatic heterocycles. The normalized spacial score (nSPS) is 13.7. The molecule has 0 spiro atoms. The van der Waals surface area contributed by atoms with E-state index < -0.39 is 0 Å². The first-order chi connectivity index (χ1) is 13.6. The average Bonchev–Trinajstić information content (AvgIpc) is 2.74. The molecule has 2 aromatic rings. The van der Waals surface area contributed by atoms with Crippen molar-refractivity contribution in [3.63, 3.8) is 0 Å². The van der Waals surface area contributed by atoms with E-state index in [4.69, 9.17) is 21.7 Å². The van der Waals surface area contributed by atoms with E-state index in [1.165, 1.54) is 5.56 Å². The minimum atomic E-state index is -0.304. The number of anilines is 2. The lowest BCUT2D eigenvalue weighted by atomic mass is 10.2. The van der Waals surface area contributed by atoms with Crippen molar-refractivity contribution in [1.82, 2.24) is 5.32 Å². The maximum atomic E-state index is 12.0. The number of benzene rings is 2. The highest BCUT2D eigenvalue weighted by atomic mass is 32.1. The number of aryl methyl sites for hydroxylation is 1. The Labute approximate surface area is 170 Å². The molecule has 1 amide bonds. The van der Waals surface area contributed by atoms with Gasteiger partial charge in [-0.15, -0.1) is 0 Å². The number of carbonyl (C=O) groups excluding carboxylic acids is 1. The van der Waals surface area contributed by atoms with E-state index in [9.17, 15) is 4.79 Å². The topological polar surface area (TPSA) is 62.8 Å². The first kappa shape index (κ1) is 20.1. The smallest absolute Gasteiger partial charge is 0.264 e. The van der Waals surface area contributed by atoms with Crippen molar-refractivity contribution in [3.05, 3.63) is 54.1 Å². The molecular weight excluding hydrogens is 374 g/mol. The molecule has 0 unspecified atom stereocenters. The predicted octanol–water partition coefficient (Wildman–Crippen LogP) is 2.98. The van der Waals surface area contributed by atoms with Gasteiger partial charge in [0.05, 0.1) is 13.2 Å². The zero-order valence-corrected chi connectivity index (χ0v) is 16.8. The highest BCUT2D eigenvalue weighted by molar-refractivity contribution is 7.80. The van der Waals surface area contributed by atoms with Gasteiger partial charge in [0.15, 0.2) is 11.7 Å². The molecule has 0 saturated carbocycles. The SMILES string of the molecule is CCc1ccc(OCC(=O)NC(=S)Nc2ccc(N3CCOCC3)cc2)cc1. The van der Waals surface area contributed by atoms with Crippen LogP contribution >= 0.6 is 12.2 Å². The van der Waals surface area contributed by atoms with E-state index in [2.05, 4.69) is 22.5 Å². The van der Waals surface area contributed by atoms with Gasteiger partial charge in [-0.2, -0.15) is 0 Å². The lowest BCUT2D eigenvalue weighted by molar-refractivity contribution is -0.121. The van der Waals surface area contributed by atoms with Crippen molar-refractivity contribution in [2.45, 2.75) is 13.3 Å². The molecule has 0 aromatic heterocycles. The number of morpholine rings is 1. The van der Waals surface area contributed by atoms with Crippen LogP contribution in [-0.4, -0.2) is 43.9 Å². The number of nitrogens with one attached hydrogen (secondary N) is 2. The zero-order chi connectivity index (χ0) is 19.8. The van der Waals surface area contributed by atoms with E-state index in [1.807, 2.05) is 48.5 Å². The van der Waals surface area contributed by atoms with Crippen molar-refractivity contribution in [2.24, 2.45) is 0 Å². The number of hydrogen-bond donors (Lipinski definition) is 2. The summed E-state index contributed by atoms with van der Waals surface area (Å²) in [6, 6.07) is 15.6. The molecule has 0 atom stereocenters. The predicted molar refractivity (Wildman–Crippen MR) is 115 cm³/mol. The van der Waals surface area contributed by atoms with Gasteiger partial charge in [-0.1, -0.05) is 19.1 Å². The minimum absolute atomic E-state index is 0.0940. The van der Waals surface area contributed by atoms with Crippen molar-refractivity contribution >= 4 is 34.6 Å². The van der Waals surface area contributed by atoms with E-state index in [0.29, 0.717) is 5.75 Å². The molecular formula is C21H25N3O3S. The summed E-state index contributed by atoms with van der Waals surface area (Å²) in [5.41, 5.74) is 3.19. The van der Waals surface area contributed by atoms with Gasteiger partial charge >= 0.3 is 0 Å². The molecule has 1 fully saturated rings. The second-order valence-corrected chi connectivity index (χ2v) is 6.84. The van der Waals surface area contributed by atoms with E-state index in [1.54, 1.807) is 0 Å². The molecule has 0 bridgehead atoms. The number of thiocarbonyl (C=S) groups is 1. The molecule has 0 radical (unpaired) electrons. The van der Waals surface area contributed by atoms with Crippen molar-refractivity contribution in [2.75, 3.05) is 43.1 Å². The van der Waals surface area contributed by atoms with Crippen LogP contribution in [0.3, 0.4) is 0 Å². The van der Waals surface area contributed by atoms with Crippen LogP contribution in [0.25, 0.3) is 0 Å². The molecule has 7 heteroatoms. The second kappa shape index (κ2) is 10.1. The zero-order valence-electron chi connectivity index (χ0n) is 15.9. The third kappa shape index (κ3) is 5.94. The van der Waals surface area contributed by atoms with Gasteiger partial charge in [0.2, 0.25) is 0 Å². The molecule has 1 saturated heterocycles. The monoisotopic (exact) mass is 399 g/mol. The van der Waals surface area contributed by atoms with Gasteiger partial charge in [-0.25, -0.2) is 0 Å². The Kier molecular flexibility index (Phi) is 7.22. The maximum Gasteiger partial charge on any atom is 0.264 e. The summed E-state index contributed by atoms with van der Waals surface area (Å²) in [6.45, 7) is 5.28. The van der Waals surface area contributed by atoms with Crippen LogP contribution in [0.2, 0.25) is 0 Å². The van der Waals surface area contributed by atoms with Crippen LogP contribution in [0.5, 0.6) is 5.75 Å². The molecule has 0 aliphatic carbocycles. The maximum absolute atomic E-state index is 12.0. The Morgan fingerprint density at radius 1 is 1.11 bits per heavy atom. The van der Waals surface area contributed by atoms with Gasteiger partial charge in [0.1, 0.15) is 5.75 Å². The number of nitrogens with zero attached hydrogens (tertiary/aromatic N) is 1. The molecule has 3 rings (SSSR count). The summed E-state index contributed by atoms with van der Waals surface area (Å²) < 4.78 is 10.9. The standard InChI is InChI=1S/C21H25N3O3S/c1-2-16-3-9-19(10-4-16)27-15-20(25)23-21(28)22-17-5-7-18(8-6-17)24-11-13-26-14-12-24/h3-10H,2,11-15H2,1H3,(H2,22,23,25,28). The molecule has 148 valence electrons. The number of hydrogen-bond acceptors (Lipinski definition) is 5. The summed E-state index contributed by atoms with van der Waals surface area (Å²) >= 11 is 5.21. The van der Waals surface area contributed by atoms with Gasteiger partial charge in [0, 0.05) is 24.5 Å². The quantitative estimate of drug-likeness (QED) is 0.729. The van der Waals surface area contributed by atoms with Crippen LogP contribution in [-0.2, 0) is 16.0 Å².